The predicted molar refractivity (Wildman–Crippen MR) is 106 cm³/mol. The van der Waals surface area contributed by atoms with Gasteiger partial charge in [0.1, 0.15) is 0 Å². The normalized spacial score (nSPS) is 15.4. The van der Waals surface area contributed by atoms with Crippen molar-refractivity contribution in [2.75, 3.05) is 5.32 Å². The molecule has 0 saturated heterocycles. The fourth-order valence-electron chi connectivity index (χ4n) is 3.73. The van der Waals surface area contributed by atoms with Gasteiger partial charge in [0.05, 0.1) is 11.6 Å². The smallest absolute Gasteiger partial charge is 0.233 e. The third-order valence-electron chi connectivity index (χ3n) is 5.25. The fourth-order valence-corrected chi connectivity index (χ4v) is 3.73. The lowest BCUT2D eigenvalue weighted by molar-refractivity contribution is -0.117. The summed E-state index contributed by atoms with van der Waals surface area (Å²) in [4.78, 5) is 25.7. The van der Waals surface area contributed by atoms with Gasteiger partial charge in [0.2, 0.25) is 11.7 Å². The van der Waals surface area contributed by atoms with Crippen LogP contribution in [0, 0.1) is 13.8 Å². The van der Waals surface area contributed by atoms with E-state index in [-0.39, 0.29) is 17.6 Å². The van der Waals surface area contributed by atoms with Gasteiger partial charge in [-0.25, -0.2) is 0 Å². The lowest BCUT2D eigenvalue weighted by atomic mass is 10.0. The molecule has 0 aliphatic carbocycles. The molecule has 4 heteroatoms. The van der Waals surface area contributed by atoms with Crippen LogP contribution in [0.5, 0.6) is 0 Å². The van der Waals surface area contributed by atoms with Gasteiger partial charge >= 0.3 is 0 Å². The van der Waals surface area contributed by atoms with Crippen LogP contribution in [0.15, 0.2) is 60.7 Å². The number of aromatic nitrogens is 1. The Kier molecular flexibility index (Phi) is 4.40. The molecule has 4 nitrogen and oxygen atoms in total. The van der Waals surface area contributed by atoms with E-state index < -0.39 is 0 Å². The highest BCUT2D eigenvalue weighted by molar-refractivity contribution is 6.08. The number of carbonyl (C=O) groups is 2. The summed E-state index contributed by atoms with van der Waals surface area (Å²) >= 11 is 0. The van der Waals surface area contributed by atoms with Crippen molar-refractivity contribution in [1.29, 1.82) is 0 Å². The van der Waals surface area contributed by atoms with Crippen LogP contribution < -0.4 is 5.32 Å². The maximum atomic E-state index is 12.9. The number of nitrogens with one attached hydrogen (secondary N) is 1. The van der Waals surface area contributed by atoms with Crippen molar-refractivity contribution < 1.29 is 9.59 Å². The van der Waals surface area contributed by atoms with E-state index >= 15 is 0 Å². The molecule has 1 aliphatic heterocycles. The van der Waals surface area contributed by atoms with Crippen LogP contribution in [0.3, 0.4) is 0 Å². The van der Waals surface area contributed by atoms with Gasteiger partial charge in [0.15, 0.2) is 0 Å². The summed E-state index contributed by atoms with van der Waals surface area (Å²) in [5.41, 5.74) is 5.24. The molecule has 2 aromatic carbocycles. The predicted octanol–water partition coefficient (Wildman–Crippen LogP) is 4.46. The van der Waals surface area contributed by atoms with Crippen LogP contribution in [0.25, 0.3) is 0 Å². The molecule has 0 spiro atoms. The molecule has 2 heterocycles. The van der Waals surface area contributed by atoms with E-state index in [9.17, 15) is 9.59 Å². The highest BCUT2D eigenvalue weighted by Gasteiger charge is 2.32. The minimum atomic E-state index is -0.234. The second kappa shape index (κ2) is 6.88. The Labute approximate surface area is 158 Å². The number of anilines is 1. The molecule has 0 radical (unpaired) electrons. The van der Waals surface area contributed by atoms with Crippen molar-refractivity contribution in [1.82, 2.24) is 4.57 Å². The molecule has 27 heavy (non-hydrogen) atoms. The van der Waals surface area contributed by atoms with Crippen molar-refractivity contribution in [3.8, 4) is 0 Å². The molecule has 1 unspecified atom stereocenters. The standard InChI is InChI=1S/C23H22N2O2/c1-15-8-9-16(2)19(14-15)24-23(27)18-12-13-25-20(18)10-11-21(25)22(26)17-6-4-3-5-7-17/h3-11,14,18H,12-13H2,1-2H3,(H,24,27). The minimum absolute atomic E-state index is 0.00237. The van der Waals surface area contributed by atoms with Gasteiger partial charge in [-0.1, -0.05) is 42.5 Å². The molecule has 1 aliphatic rings. The Morgan fingerprint density at radius 3 is 2.56 bits per heavy atom. The molecule has 4 rings (SSSR count). The van der Waals surface area contributed by atoms with Crippen LogP contribution in [0.4, 0.5) is 5.69 Å². The van der Waals surface area contributed by atoms with E-state index in [1.165, 1.54) is 0 Å². The first-order valence-corrected chi connectivity index (χ1v) is 9.22. The first kappa shape index (κ1) is 17.3. The van der Waals surface area contributed by atoms with Crippen molar-refractivity contribution in [2.45, 2.75) is 32.7 Å². The number of benzene rings is 2. The van der Waals surface area contributed by atoms with E-state index in [0.29, 0.717) is 24.2 Å². The topological polar surface area (TPSA) is 51.1 Å². The zero-order valence-corrected chi connectivity index (χ0v) is 15.5. The Hall–Kier alpha value is -3.14. The van der Waals surface area contributed by atoms with Crippen molar-refractivity contribution in [3.05, 3.63) is 88.7 Å². The minimum Gasteiger partial charge on any atom is -0.341 e. The number of hydrogen-bond donors (Lipinski definition) is 1. The number of ketones is 1. The summed E-state index contributed by atoms with van der Waals surface area (Å²) in [5.74, 6) is -0.251. The number of aryl methyl sites for hydroxylation is 2. The van der Waals surface area contributed by atoms with E-state index in [0.717, 1.165) is 22.5 Å². The van der Waals surface area contributed by atoms with Crippen molar-refractivity contribution in [3.63, 3.8) is 0 Å². The van der Waals surface area contributed by atoms with Gasteiger partial charge < -0.3 is 9.88 Å². The third kappa shape index (κ3) is 3.19. The van der Waals surface area contributed by atoms with E-state index in [1.54, 1.807) is 0 Å². The number of hydrogen-bond acceptors (Lipinski definition) is 2. The number of nitrogens with zero attached hydrogens (tertiary/aromatic N) is 1. The summed E-state index contributed by atoms with van der Waals surface area (Å²) in [6, 6.07) is 19.1. The number of carbonyl (C=O) groups excluding carboxylic acids is 2. The van der Waals surface area contributed by atoms with Gasteiger partial charge in [0.25, 0.3) is 0 Å². The zero-order valence-electron chi connectivity index (χ0n) is 15.5. The van der Waals surface area contributed by atoms with Crippen LogP contribution >= 0.6 is 0 Å². The molecule has 1 N–H and O–H groups in total. The van der Waals surface area contributed by atoms with Gasteiger partial charge in [0, 0.05) is 23.5 Å². The molecule has 136 valence electrons. The molecule has 0 fully saturated rings. The molecule has 3 aromatic rings. The van der Waals surface area contributed by atoms with E-state index in [1.807, 2.05) is 79.1 Å². The Morgan fingerprint density at radius 2 is 1.78 bits per heavy atom. The molecular weight excluding hydrogens is 336 g/mol. The zero-order chi connectivity index (χ0) is 19.0. The molecule has 1 aromatic heterocycles. The van der Waals surface area contributed by atoms with Gasteiger partial charge in [-0.05, 0) is 49.6 Å². The quantitative estimate of drug-likeness (QED) is 0.700. The Balaban J connectivity index is 1.58. The van der Waals surface area contributed by atoms with E-state index in [2.05, 4.69) is 5.32 Å². The first-order valence-electron chi connectivity index (χ1n) is 9.22. The molecule has 1 atom stereocenters. The molecular formula is C23H22N2O2. The monoisotopic (exact) mass is 358 g/mol. The van der Waals surface area contributed by atoms with Crippen molar-refractivity contribution in [2.24, 2.45) is 0 Å². The average molecular weight is 358 g/mol. The fraction of sp³-hybridized carbons (Fsp3) is 0.217. The molecule has 1 amide bonds. The number of amides is 1. The maximum absolute atomic E-state index is 12.9. The van der Waals surface area contributed by atoms with Gasteiger partial charge in [-0.3, -0.25) is 9.59 Å². The summed E-state index contributed by atoms with van der Waals surface area (Å²) in [5, 5.41) is 3.07. The Morgan fingerprint density at radius 1 is 1.00 bits per heavy atom. The van der Waals surface area contributed by atoms with Gasteiger partial charge in [-0.2, -0.15) is 0 Å². The lowest BCUT2D eigenvalue weighted by Crippen LogP contribution is -2.20. The van der Waals surface area contributed by atoms with Crippen LogP contribution in [-0.4, -0.2) is 16.3 Å². The summed E-state index contributed by atoms with van der Waals surface area (Å²) in [6.45, 7) is 4.68. The molecule has 0 saturated carbocycles. The van der Waals surface area contributed by atoms with E-state index in [4.69, 9.17) is 0 Å². The largest absolute Gasteiger partial charge is 0.341 e. The molecule has 0 bridgehead atoms. The summed E-state index contributed by atoms with van der Waals surface area (Å²) in [6.07, 6.45) is 0.710. The SMILES string of the molecule is Cc1ccc(C)c(NC(=O)C2CCn3c(C(=O)c4ccccc4)ccc32)c1. The Bertz CT molecular complexity index is 1020. The van der Waals surface area contributed by atoms with Crippen molar-refractivity contribution >= 4 is 17.4 Å². The summed E-state index contributed by atoms with van der Waals surface area (Å²) < 4.78 is 1.99. The third-order valence-corrected chi connectivity index (χ3v) is 5.25. The highest BCUT2D eigenvalue weighted by Crippen LogP contribution is 2.32. The lowest BCUT2D eigenvalue weighted by Gasteiger charge is -2.13. The summed E-state index contributed by atoms with van der Waals surface area (Å²) in [7, 11) is 0. The second-order valence-corrected chi connectivity index (χ2v) is 7.14. The number of fused-ring (bicyclic) bond motifs is 1. The highest BCUT2D eigenvalue weighted by atomic mass is 16.2. The average Bonchev–Trinajstić information content (AvgIpc) is 3.27. The second-order valence-electron chi connectivity index (χ2n) is 7.14. The van der Waals surface area contributed by atoms with Crippen LogP contribution in [0.2, 0.25) is 0 Å². The van der Waals surface area contributed by atoms with Crippen LogP contribution in [0.1, 0.15) is 45.2 Å². The number of rotatable bonds is 4. The van der Waals surface area contributed by atoms with Crippen LogP contribution in [-0.2, 0) is 11.3 Å². The van der Waals surface area contributed by atoms with Gasteiger partial charge in [-0.15, -0.1) is 0 Å². The maximum Gasteiger partial charge on any atom is 0.233 e. The first-order chi connectivity index (χ1) is 13.0.